The van der Waals surface area contributed by atoms with Gasteiger partial charge in [0.05, 0.1) is 29.3 Å². The van der Waals surface area contributed by atoms with Crippen molar-refractivity contribution in [3.05, 3.63) is 73.4 Å². The normalized spacial score (nSPS) is 11.3. The summed E-state index contributed by atoms with van der Waals surface area (Å²) < 4.78 is 4.00. The first kappa shape index (κ1) is 15.6. The van der Waals surface area contributed by atoms with E-state index in [2.05, 4.69) is 43.8 Å². The Bertz CT molecular complexity index is 1240. The molecule has 0 radical (unpaired) electrons. The quantitative estimate of drug-likeness (QED) is 0.516. The van der Waals surface area contributed by atoms with Crippen LogP contribution in [0.1, 0.15) is 6.92 Å². The lowest BCUT2D eigenvalue weighted by atomic mass is 10.2. The minimum absolute atomic E-state index is 0.846. The number of benzene rings is 1. The van der Waals surface area contributed by atoms with Gasteiger partial charge in [0, 0.05) is 41.8 Å². The fourth-order valence-electron chi connectivity index (χ4n) is 3.35. The molecule has 132 valence electrons. The van der Waals surface area contributed by atoms with Crippen LogP contribution >= 0.6 is 0 Å². The molecule has 0 amide bonds. The molecule has 5 aromatic rings. The number of nitrogens with one attached hydrogen (secondary N) is 1. The predicted molar refractivity (Wildman–Crippen MR) is 107 cm³/mol. The van der Waals surface area contributed by atoms with E-state index in [1.54, 1.807) is 0 Å². The van der Waals surface area contributed by atoms with E-state index in [1.165, 1.54) is 0 Å². The summed E-state index contributed by atoms with van der Waals surface area (Å²) in [7, 11) is 0. The Labute approximate surface area is 156 Å². The molecule has 0 atom stereocenters. The molecule has 0 aliphatic heterocycles. The number of rotatable bonds is 4. The van der Waals surface area contributed by atoms with Gasteiger partial charge in [0.2, 0.25) is 0 Å². The third-order valence-corrected chi connectivity index (χ3v) is 4.70. The van der Waals surface area contributed by atoms with Gasteiger partial charge in [-0.2, -0.15) is 5.10 Å². The Kier molecular flexibility index (Phi) is 3.60. The molecule has 0 bridgehead atoms. The molecular formula is C21H18N6. The molecular weight excluding hydrogens is 336 g/mol. The van der Waals surface area contributed by atoms with Gasteiger partial charge in [-0.25, -0.2) is 4.98 Å². The average molecular weight is 354 g/mol. The Morgan fingerprint density at radius 3 is 2.78 bits per heavy atom. The topological polar surface area (TPSA) is 60.0 Å². The summed E-state index contributed by atoms with van der Waals surface area (Å²) in [4.78, 5) is 9.08. The minimum atomic E-state index is 0.846. The maximum atomic E-state index is 4.65. The van der Waals surface area contributed by atoms with E-state index in [0.717, 1.165) is 45.7 Å². The zero-order valence-electron chi connectivity index (χ0n) is 14.9. The van der Waals surface area contributed by atoms with E-state index < -0.39 is 0 Å². The first-order chi connectivity index (χ1) is 13.3. The summed E-state index contributed by atoms with van der Waals surface area (Å²) in [6.07, 6.45) is 9.65. The molecule has 6 nitrogen and oxygen atoms in total. The summed E-state index contributed by atoms with van der Waals surface area (Å²) in [5.74, 6) is 0. The lowest BCUT2D eigenvalue weighted by Crippen LogP contribution is -1.96. The lowest BCUT2D eigenvalue weighted by molar-refractivity contribution is 0.660. The molecule has 6 heteroatoms. The van der Waals surface area contributed by atoms with Crippen LogP contribution in [0.15, 0.2) is 73.4 Å². The molecule has 0 spiro atoms. The van der Waals surface area contributed by atoms with Crippen LogP contribution in [0, 0.1) is 0 Å². The molecule has 4 aromatic heterocycles. The zero-order valence-corrected chi connectivity index (χ0v) is 14.9. The number of pyridine rings is 2. The van der Waals surface area contributed by atoms with Crippen molar-refractivity contribution in [1.29, 1.82) is 0 Å². The van der Waals surface area contributed by atoms with E-state index in [0.29, 0.717) is 0 Å². The predicted octanol–water partition coefficient (Wildman–Crippen LogP) is 4.51. The number of hydrogen-bond donors (Lipinski definition) is 1. The van der Waals surface area contributed by atoms with Gasteiger partial charge in [-0.1, -0.05) is 6.07 Å². The van der Waals surface area contributed by atoms with Crippen molar-refractivity contribution >= 4 is 27.9 Å². The Morgan fingerprint density at radius 1 is 0.963 bits per heavy atom. The van der Waals surface area contributed by atoms with Crippen LogP contribution in [0.3, 0.4) is 0 Å². The molecule has 0 fully saturated rings. The second-order valence-electron chi connectivity index (χ2n) is 6.34. The fourth-order valence-corrected chi connectivity index (χ4v) is 3.35. The molecule has 0 saturated heterocycles. The number of fused-ring (bicyclic) bond motifs is 2. The summed E-state index contributed by atoms with van der Waals surface area (Å²) in [6, 6.07) is 14.2. The standard InChI is InChI=1S/C21H18N6/c1-2-26-14-15(12-24-26)20-13-23-21-19(9-5-11-27(20)21)25-18-8-3-7-17-16(18)6-4-10-22-17/h3-14,25H,2H2,1H3. The van der Waals surface area contributed by atoms with Gasteiger partial charge < -0.3 is 5.32 Å². The highest BCUT2D eigenvalue weighted by molar-refractivity contribution is 5.94. The van der Waals surface area contributed by atoms with Crippen LogP contribution < -0.4 is 5.32 Å². The van der Waals surface area contributed by atoms with E-state index in [9.17, 15) is 0 Å². The van der Waals surface area contributed by atoms with Crippen molar-refractivity contribution in [3.8, 4) is 11.3 Å². The summed E-state index contributed by atoms with van der Waals surface area (Å²) in [6.45, 7) is 2.92. The molecule has 0 saturated carbocycles. The van der Waals surface area contributed by atoms with Crippen molar-refractivity contribution in [3.63, 3.8) is 0 Å². The third-order valence-electron chi connectivity index (χ3n) is 4.70. The van der Waals surface area contributed by atoms with E-state index >= 15 is 0 Å². The number of aromatic nitrogens is 5. The van der Waals surface area contributed by atoms with Crippen LogP contribution in [0.4, 0.5) is 11.4 Å². The zero-order chi connectivity index (χ0) is 18.2. The van der Waals surface area contributed by atoms with Crippen molar-refractivity contribution < 1.29 is 0 Å². The second-order valence-corrected chi connectivity index (χ2v) is 6.34. The van der Waals surface area contributed by atoms with Crippen molar-refractivity contribution in [2.45, 2.75) is 13.5 Å². The van der Waals surface area contributed by atoms with Gasteiger partial charge in [0.25, 0.3) is 0 Å². The summed E-state index contributed by atoms with van der Waals surface area (Å²) in [5.41, 5.74) is 5.87. The summed E-state index contributed by atoms with van der Waals surface area (Å²) >= 11 is 0. The van der Waals surface area contributed by atoms with Gasteiger partial charge in [-0.05, 0) is 43.3 Å². The number of nitrogens with zero attached hydrogens (tertiary/aromatic N) is 5. The van der Waals surface area contributed by atoms with Gasteiger partial charge >= 0.3 is 0 Å². The van der Waals surface area contributed by atoms with Crippen LogP contribution in [-0.4, -0.2) is 24.1 Å². The molecule has 27 heavy (non-hydrogen) atoms. The molecule has 1 aromatic carbocycles. The molecule has 0 aliphatic carbocycles. The van der Waals surface area contributed by atoms with Crippen LogP contribution in [-0.2, 0) is 6.54 Å². The molecule has 1 N–H and O–H groups in total. The molecule has 5 rings (SSSR count). The minimum Gasteiger partial charge on any atom is -0.352 e. The van der Waals surface area contributed by atoms with E-state index in [1.807, 2.05) is 66.0 Å². The molecule has 4 heterocycles. The first-order valence-corrected chi connectivity index (χ1v) is 8.93. The first-order valence-electron chi connectivity index (χ1n) is 8.93. The van der Waals surface area contributed by atoms with Crippen LogP contribution in [0.5, 0.6) is 0 Å². The van der Waals surface area contributed by atoms with Gasteiger partial charge in [-0.3, -0.25) is 14.1 Å². The van der Waals surface area contributed by atoms with Gasteiger partial charge in [-0.15, -0.1) is 0 Å². The molecule has 0 aliphatic rings. The maximum Gasteiger partial charge on any atom is 0.161 e. The number of aryl methyl sites for hydroxylation is 1. The van der Waals surface area contributed by atoms with Crippen molar-refractivity contribution in [2.24, 2.45) is 0 Å². The third kappa shape index (κ3) is 2.62. The van der Waals surface area contributed by atoms with E-state index in [-0.39, 0.29) is 0 Å². The number of hydrogen-bond acceptors (Lipinski definition) is 4. The number of anilines is 2. The van der Waals surface area contributed by atoms with Gasteiger partial charge in [0.1, 0.15) is 0 Å². The van der Waals surface area contributed by atoms with Gasteiger partial charge in [0.15, 0.2) is 5.65 Å². The van der Waals surface area contributed by atoms with Crippen molar-refractivity contribution in [2.75, 3.05) is 5.32 Å². The second kappa shape index (κ2) is 6.25. The highest BCUT2D eigenvalue weighted by atomic mass is 15.3. The summed E-state index contributed by atoms with van der Waals surface area (Å²) in [5, 5.41) is 8.98. The Hall–Kier alpha value is -3.67. The maximum absolute atomic E-state index is 4.65. The average Bonchev–Trinajstić information content (AvgIpc) is 3.35. The van der Waals surface area contributed by atoms with E-state index in [4.69, 9.17) is 0 Å². The SMILES string of the molecule is CCn1cc(-c2cnc3c(Nc4cccc5ncccc45)cccn23)cn1. The largest absolute Gasteiger partial charge is 0.352 e. The van der Waals surface area contributed by atoms with Crippen molar-refractivity contribution in [1.82, 2.24) is 24.1 Å². The van der Waals surface area contributed by atoms with Crippen LogP contribution in [0.25, 0.3) is 27.8 Å². The molecule has 0 unspecified atom stereocenters. The highest BCUT2D eigenvalue weighted by Crippen LogP contribution is 2.29. The smallest absolute Gasteiger partial charge is 0.161 e. The monoisotopic (exact) mass is 354 g/mol. The Morgan fingerprint density at radius 2 is 1.89 bits per heavy atom. The Balaban J connectivity index is 1.60. The highest BCUT2D eigenvalue weighted by Gasteiger charge is 2.11. The lowest BCUT2D eigenvalue weighted by Gasteiger charge is -2.10. The fraction of sp³-hybridized carbons (Fsp3) is 0.0952. The number of imidazole rings is 1. The van der Waals surface area contributed by atoms with Crippen LogP contribution in [0.2, 0.25) is 0 Å².